The van der Waals surface area contributed by atoms with Crippen LogP contribution in [0.3, 0.4) is 0 Å². The first-order valence-corrected chi connectivity index (χ1v) is 13.2. The van der Waals surface area contributed by atoms with Gasteiger partial charge in [0.25, 0.3) is 0 Å². The number of anilines is 2. The maximum absolute atomic E-state index is 12.3. The van der Waals surface area contributed by atoms with E-state index in [4.69, 9.17) is 15.6 Å². The number of nitrogens with one attached hydrogen (secondary N) is 1. The van der Waals surface area contributed by atoms with Gasteiger partial charge < -0.3 is 15.4 Å². The highest BCUT2D eigenvalue weighted by molar-refractivity contribution is 5.99. The standard InChI is InChI=1S/C27H38N8O2/c1-27(2,3)37-26(36)31-19-7-5-6-18(16-19)23-22-24(28)29-17-30-25(22)35(32-23)21-10-8-20(9-11-21)34-14-12-33(4)13-15-34/h5-7,16-17,20-21H,8-15H2,1-4H3,(H,31,36)(H2,28,29,30). The number of aromatic nitrogens is 4. The summed E-state index contributed by atoms with van der Waals surface area (Å²) in [5, 5.41) is 8.60. The number of nitrogens with zero attached hydrogens (tertiary/aromatic N) is 6. The van der Waals surface area contributed by atoms with Crippen LogP contribution in [0.15, 0.2) is 30.6 Å². The number of piperazine rings is 1. The smallest absolute Gasteiger partial charge is 0.412 e. The molecule has 1 saturated carbocycles. The normalized spacial score (nSPS) is 21.7. The van der Waals surface area contributed by atoms with Crippen LogP contribution in [-0.4, -0.2) is 80.5 Å². The second-order valence-electron chi connectivity index (χ2n) is 11.3. The average Bonchev–Trinajstić information content (AvgIpc) is 3.25. The number of likely N-dealkylation sites (N-methyl/N-ethyl adjacent to an activating group) is 1. The summed E-state index contributed by atoms with van der Waals surface area (Å²) in [7, 11) is 2.20. The van der Waals surface area contributed by atoms with Crippen molar-refractivity contribution in [3.63, 3.8) is 0 Å². The highest BCUT2D eigenvalue weighted by Gasteiger charge is 2.30. The number of carbonyl (C=O) groups excluding carboxylic acids is 1. The molecule has 3 heterocycles. The molecule has 1 saturated heterocycles. The van der Waals surface area contributed by atoms with Crippen LogP contribution in [0.25, 0.3) is 22.3 Å². The highest BCUT2D eigenvalue weighted by atomic mass is 16.6. The number of ether oxygens (including phenoxy) is 1. The van der Waals surface area contributed by atoms with E-state index < -0.39 is 11.7 Å². The number of carbonyl (C=O) groups is 1. The summed E-state index contributed by atoms with van der Waals surface area (Å²) in [4.78, 5) is 26.2. The van der Waals surface area contributed by atoms with Gasteiger partial charge in [0, 0.05) is 43.5 Å². The lowest BCUT2D eigenvalue weighted by Gasteiger charge is -2.41. The molecule has 2 fully saturated rings. The Kier molecular flexibility index (Phi) is 7.04. The number of hydrogen-bond donors (Lipinski definition) is 2. The zero-order valence-corrected chi connectivity index (χ0v) is 22.3. The number of rotatable bonds is 4. The SMILES string of the molecule is CN1CCN(C2CCC(n3nc(-c4cccc(NC(=O)OC(C)(C)C)c4)c4c(N)ncnc43)CC2)CC1. The predicted octanol–water partition coefficient (Wildman–Crippen LogP) is 4.15. The summed E-state index contributed by atoms with van der Waals surface area (Å²) in [6, 6.07) is 8.45. The van der Waals surface area contributed by atoms with Gasteiger partial charge in [-0.2, -0.15) is 5.10 Å². The lowest BCUT2D eigenvalue weighted by Crippen LogP contribution is -2.49. The van der Waals surface area contributed by atoms with Crippen LogP contribution in [0, 0.1) is 0 Å². The average molecular weight is 507 g/mol. The summed E-state index contributed by atoms with van der Waals surface area (Å²) in [6.07, 6.45) is 5.42. The van der Waals surface area contributed by atoms with Crippen LogP contribution >= 0.6 is 0 Å². The molecule has 3 N–H and O–H groups in total. The number of nitrogens with two attached hydrogens (primary N) is 1. The van der Waals surface area contributed by atoms with Crippen LogP contribution in [0.4, 0.5) is 16.3 Å². The molecule has 0 unspecified atom stereocenters. The molecule has 2 aliphatic rings. The van der Waals surface area contributed by atoms with E-state index in [0.29, 0.717) is 17.5 Å². The van der Waals surface area contributed by atoms with E-state index in [1.165, 1.54) is 6.33 Å². The highest BCUT2D eigenvalue weighted by Crippen LogP contribution is 2.37. The summed E-state index contributed by atoms with van der Waals surface area (Å²) in [5.41, 5.74) is 8.72. The van der Waals surface area contributed by atoms with Crippen molar-refractivity contribution in [2.75, 3.05) is 44.3 Å². The Bertz CT molecular complexity index is 1250. The molecule has 0 spiro atoms. The number of benzene rings is 1. The summed E-state index contributed by atoms with van der Waals surface area (Å²) in [5.74, 6) is 0.405. The minimum Gasteiger partial charge on any atom is -0.444 e. The van der Waals surface area contributed by atoms with Crippen molar-refractivity contribution in [3.8, 4) is 11.3 Å². The van der Waals surface area contributed by atoms with Gasteiger partial charge in [-0.05, 0) is 65.6 Å². The molecular formula is C27H38N8O2. The van der Waals surface area contributed by atoms with Gasteiger partial charge in [-0.25, -0.2) is 19.4 Å². The lowest BCUT2D eigenvalue weighted by molar-refractivity contribution is 0.0636. The molecule has 1 aliphatic heterocycles. The molecular weight excluding hydrogens is 468 g/mol. The molecule has 10 heteroatoms. The molecule has 1 aromatic carbocycles. The van der Waals surface area contributed by atoms with E-state index >= 15 is 0 Å². The summed E-state index contributed by atoms with van der Waals surface area (Å²) in [6.45, 7) is 10.1. The molecule has 3 aromatic rings. The molecule has 0 bridgehead atoms. The molecule has 5 rings (SSSR count). The molecule has 1 aliphatic carbocycles. The van der Waals surface area contributed by atoms with E-state index in [2.05, 4.69) is 36.8 Å². The Morgan fingerprint density at radius 1 is 1.05 bits per heavy atom. The third kappa shape index (κ3) is 5.70. The molecule has 2 aromatic heterocycles. The van der Waals surface area contributed by atoms with Gasteiger partial charge in [0.2, 0.25) is 0 Å². The van der Waals surface area contributed by atoms with Crippen LogP contribution in [0.2, 0.25) is 0 Å². The third-order valence-corrected chi connectivity index (χ3v) is 7.37. The van der Waals surface area contributed by atoms with Crippen LogP contribution in [0.1, 0.15) is 52.5 Å². The van der Waals surface area contributed by atoms with Crippen molar-refractivity contribution >= 4 is 28.6 Å². The monoisotopic (exact) mass is 506 g/mol. The van der Waals surface area contributed by atoms with Crippen molar-refractivity contribution < 1.29 is 9.53 Å². The van der Waals surface area contributed by atoms with Crippen molar-refractivity contribution in [2.24, 2.45) is 0 Å². The molecule has 198 valence electrons. The molecule has 10 nitrogen and oxygen atoms in total. The first-order chi connectivity index (χ1) is 17.7. The Balaban J connectivity index is 1.38. The van der Waals surface area contributed by atoms with Gasteiger partial charge in [-0.3, -0.25) is 10.2 Å². The molecule has 37 heavy (non-hydrogen) atoms. The fourth-order valence-electron chi connectivity index (χ4n) is 5.47. The van der Waals surface area contributed by atoms with Gasteiger partial charge in [0.15, 0.2) is 5.65 Å². The van der Waals surface area contributed by atoms with E-state index in [0.717, 1.165) is 74.2 Å². The van der Waals surface area contributed by atoms with Crippen molar-refractivity contribution in [1.82, 2.24) is 29.5 Å². The number of fused-ring (bicyclic) bond motifs is 1. The third-order valence-electron chi connectivity index (χ3n) is 7.37. The second-order valence-corrected chi connectivity index (χ2v) is 11.3. The number of amides is 1. The fraction of sp³-hybridized carbons (Fsp3) is 0.556. The number of nitrogen functional groups attached to an aromatic ring is 1. The first kappa shape index (κ1) is 25.4. The zero-order valence-electron chi connectivity index (χ0n) is 22.3. The Morgan fingerprint density at radius 3 is 2.46 bits per heavy atom. The van der Waals surface area contributed by atoms with Crippen molar-refractivity contribution in [2.45, 2.75) is 64.1 Å². The van der Waals surface area contributed by atoms with E-state index in [1.54, 1.807) is 0 Å². The Labute approximate surface area is 218 Å². The molecule has 1 amide bonds. The number of hydrogen-bond acceptors (Lipinski definition) is 8. The summed E-state index contributed by atoms with van der Waals surface area (Å²) < 4.78 is 7.45. The molecule has 0 atom stereocenters. The van der Waals surface area contributed by atoms with Gasteiger partial charge in [-0.1, -0.05) is 12.1 Å². The van der Waals surface area contributed by atoms with Crippen molar-refractivity contribution in [1.29, 1.82) is 0 Å². The van der Waals surface area contributed by atoms with E-state index in [-0.39, 0.29) is 6.04 Å². The second kappa shape index (κ2) is 10.3. The Morgan fingerprint density at radius 2 is 1.76 bits per heavy atom. The lowest BCUT2D eigenvalue weighted by atomic mass is 9.90. The fourth-order valence-corrected chi connectivity index (χ4v) is 5.47. The quantitative estimate of drug-likeness (QED) is 0.542. The zero-order chi connectivity index (χ0) is 26.2. The van der Waals surface area contributed by atoms with E-state index in [9.17, 15) is 4.79 Å². The predicted molar refractivity (Wildman–Crippen MR) is 145 cm³/mol. The van der Waals surface area contributed by atoms with E-state index in [1.807, 2.05) is 45.0 Å². The van der Waals surface area contributed by atoms with Gasteiger partial charge in [-0.15, -0.1) is 0 Å². The van der Waals surface area contributed by atoms with Gasteiger partial charge in [0.1, 0.15) is 23.4 Å². The minimum absolute atomic E-state index is 0.261. The summed E-state index contributed by atoms with van der Waals surface area (Å²) >= 11 is 0. The van der Waals surface area contributed by atoms with Crippen molar-refractivity contribution in [3.05, 3.63) is 30.6 Å². The molecule has 0 radical (unpaired) electrons. The largest absolute Gasteiger partial charge is 0.444 e. The topological polar surface area (TPSA) is 114 Å². The minimum atomic E-state index is -0.578. The van der Waals surface area contributed by atoms with Crippen LogP contribution in [0.5, 0.6) is 0 Å². The van der Waals surface area contributed by atoms with Crippen LogP contribution in [-0.2, 0) is 4.74 Å². The van der Waals surface area contributed by atoms with Gasteiger partial charge in [0.05, 0.1) is 11.4 Å². The van der Waals surface area contributed by atoms with Gasteiger partial charge >= 0.3 is 6.09 Å². The van der Waals surface area contributed by atoms with Crippen LogP contribution < -0.4 is 11.1 Å². The maximum Gasteiger partial charge on any atom is 0.412 e. The first-order valence-electron chi connectivity index (χ1n) is 13.2. The maximum atomic E-state index is 12.3. The Hall–Kier alpha value is -3.24.